The maximum absolute atomic E-state index is 9.51. The number of aliphatic hydroxyl groups is 1. The summed E-state index contributed by atoms with van der Waals surface area (Å²) in [5, 5.41) is 18.2. The van der Waals surface area contributed by atoms with Gasteiger partial charge in [-0.2, -0.15) is 5.26 Å². The monoisotopic (exact) mass is 205 g/mol. The summed E-state index contributed by atoms with van der Waals surface area (Å²) in [5.41, 5.74) is 0.652. The first-order valence-electron chi connectivity index (χ1n) is 4.78. The van der Waals surface area contributed by atoms with Crippen LogP contribution in [-0.4, -0.2) is 17.3 Å². The molecule has 1 rings (SSSR count). The van der Waals surface area contributed by atoms with Crippen molar-refractivity contribution in [3.8, 4) is 11.8 Å². The van der Waals surface area contributed by atoms with Crippen LogP contribution in [0.4, 0.5) is 0 Å². The van der Waals surface area contributed by atoms with Crippen molar-refractivity contribution in [2.24, 2.45) is 0 Å². The Morgan fingerprint density at radius 2 is 2.13 bits per heavy atom. The first-order valence-corrected chi connectivity index (χ1v) is 4.78. The van der Waals surface area contributed by atoms with E-state index in [1.807, 2.05) is 19.1 Å². The van der Waals surface area contributed by atoms with Gasteiger partial charge in [-0.1, -0.05) is 6.07 Å². The lowest BCUT2D eigenvalue weighted by Gasteiger charge is -2.18. The first kappa shape index (κ1) is 11.5. The van der Waals surface area contributed by atoms with Gasteiger partial charge in [0.2, 0.25) is 0 Å². The molecule has 0 aliphatic heterocycles. The molecule has 0 aliphatic rings. The Balaban J connectivity index is 2.81. The number of nitriles is 1. The van der Waals surface area contributed by atoms with Crippen molar-refractivity contribution >= 4 is 0 Å². The molecule has 0 aromatic heterocycles. The summed E-state index contributed by atoms with van der Waals surface area (Å²) in [6.07, 6.45) is 0. The van der Waals surface area contributed by atoms with Crippen molar-refractivity contribution in [2.75, 3.05) is 6.61 Å². The Kier molecular flexibility index (Phi) is 3.33. The third-order valence-electron chi connectivity index (χ3n) is 1.90. The van der Waals surface area contributed by atoms with Crippen LogP contribution in [0.5, 0.6) is 5.75 Å². The quantitative estimate of drug-likeness (QED) is 0.821. The zero-order chi connectivity index (χ0) is 11.5. The second-order valence-electron chi connectivity index (χ2n) is 4.19. The molecule has 0 amide bonds. The van der Waals surface area contributed by atoms with Crippen molar-refractivity contribution < 1.29 is 9.84 Å². The average molecular weight is 205 g/mol. The molecule has 0 unspecified atom stereocenters. The van der Waals surface area contributed by atoms with Gasteiger partial charge in [0.25, 0.3) is 0 Å². The van der Waals surface area contributed by atoms with E-state index in [1.54, 1.807) is 26.0 Å². The highest BCUT2D eigenvalue weighted by Crippen LogP contribution is 2.20. The number of rotatable bonds is 3. The van der Waals surface area contributed by atoms with Crippen molar-refractivity contribution in [3.05, 3.63) is 29.3 Å². The summed E-state index contributed by atoms with van der Waals surface area (Å²) in [5.74, 6) is 0.649. The minimum absolute atomic E-state index is 0.211. The Morgan fingerprint density at radius 1 is 1.47 bits per heavy atom. The summed E-state index contributed by atoms with van der Waals surface area (Å²) in [4.78, 5) is 0. The van der Waals surface area contributed by atoms with Gasteiger partial charge in [-0.25, -0.2) is 0 Å². The molecule has 0 spiro atoms. The normalized spacial score (nSPS) is 10.9. The molecule has 1 aromatic carbocycles. The van der Waals surface area contributed by atoms with E-state index in [0.29, 0.717) is 11.3 Å². The molecule has 0 saturated carbocycles. The van der Waals surface area contributed by atoms with Gasteiger partial charge in [-0.15, -0.1) is 0 Å². The molecule has 15 heavy (non-hydrogen) atoms. The fraction of sp³-hybridized carbons (Fsp3) is 0.417. The summed E-state index contributed by atoms with van der Waals surface area (Å²) in [6.45, 7) is 5.47. The topological polar surface area (TPSA) is 53.2 Å². The van der Waals surface area contributed by atoms with Crippen molar-refractivity contribution in [2.45, 2.75) is 26.4 Å². The van der Waals surface area contributed by atoms with E-state index in [4.69, 9.17) is 10.00 Å². The van der Waals surface area contributed by atoms with Gasteiger partial charge in [0.15, 0.2) is 0 Å². The Morgan fingerprint density at radius 3 is 2.67 bits per heavy atom. The van der Waals surface area contributed by atoms with E-state index in [9.17, 15) is 5.11 Å². The third-order valence-corrected chi connectivity index (χ3v) is 1.90. The number of hydrogen-bond acceptors (Lipinski definition) is 3. The van der Waals surface area contributed by atoms with Crippen LogP contribution in [0.15, 0.2) is 18.2 Å². The zero-order valence-electron chi connectivity index (χ0n) is 9.24. The smallest absolute Gasteiger partial charge is 0.123 e. The lowest BCUT2D eigenvalue weighted by Crippen LogP contribution is -2.28. The molecule has 0 fully saturated rings. The second-order valence-corrected chi connectivity index (χ2v) is 4.19. The van der Waals surface area contributed by atoms with Crippen molar-refractivity contribution in [1.29, 1.82) is 5.26 Å². The van der Waals surface area contributed by atoms with Gasteiger partial charge >= 0.3 is 0 Å². The number of hydrogen-bond donors (Lipinski definition) is 1. The van der Waals surface area contributed by atoms with Gasteiger partial charge in [-0.3, -0.25) is 0 Å². The summed E-state index contributed by atoms with van der Waals surface area (Å²) in [6, 6.07) is 7.30. The van der Waals surface area contributed by atoms with Crippen LogP contribution >= 0.6 is 0 Å². The van der Waals surface area contributed by atoms with Crippen LogP contribution in [-0.2, 0) is 0 Å². The maximum atomic E-state index is 9.51. The maximum Gasteiger partial charge on any atom is 0.123 e. The molecule has 0 heterocycles. The molecule has 0 atom stereocenters. The standard InChI is InChI=1S/C12H15NO2/c1-9-4-5-10(7-13)6-11(9)15-8-12(2,3)14/h4-6,14H,8H2,1-3H3. The molecule has 1 aromatic rings. The highest BCUT2D eigenvalue weighted by molar-refractivity contribution is 5.41. The van der Waals surface area contributed by atoms with E-state index in [-0.39, 0.29) is 6.61 Å². The van der Waals surface area contributed by atoms with Crippen LogP contribution in [0.3, 0.4) is 0 Å². The SMILES string of the molecule is Cc1ccc(C#N)cc1OCC(C)(C)O. The molecule has 0 radical (unpaired) electrons. The molecule has 3 nitrogen and oxygen atoms in total. The third kappa shape index (κ3) is 3.61. The molecule has 0 bridgehead atoms. The molecule has 80 valence electrons. The van der Waals surface area contributed by atoms with Crippen molar-refractivity contribution in [1.82, 2.24) is 0 Å². The van der Waals surface area contributed by atoms with E-state index in [0.717, 1.165) is 5.56 Å². The lowest BCUT2D eigenvalue weighted by molar-refractivity contribution is 0.0282. The van der Waals surface area contributed by atoms with Crippen LogP contribution < -0.4 is 4.74 Å². The second kappa shape index (κ2) is 4.33. The number of nitrogens with zero attached hydrogens (tertiary/aromatic N) is 1. The number of aryl methyl sites for hydroxylation is 1. The Bertz CT molecular complexity index is 386. The van der Waals surface area contributed by atoms with Gasteiger partial charge in [0.05, 0.1) is 17.2 Å². The van der Waals surface area contributed by atoms with Crippen LogP contribution in [0, 0.1) is 18.3 Å². The first-order chi connectivity index (χ1) is 6.92. The molecule has 0 saturated heterocycles. The van der Waals surface area contributed by atoms with E-state index >= 15 is 0 Å². The van der Waals surface area contributed by atoms with E-state index in [2.05, 4.69) is 0 Å². The fourth-order valence-corrected chi connectivity index (χ4v) is 1.08. The van der Waals surface area contributed by atoms with Crippen molar-refractivity contribution in [3.63, 3.8) is 0 Å². The van der Waals surface area contributed by atoms with E-state index in [1.165, 1.54) is 0 Å². The summed E-state index contributed by atoms with van der Waals surface area (Å²) >= 11 is 0. The summed E-state index contributed by atoms with van der Waals surface area (Å²) < 4.78 is 5.44. The highest BCUT2D eigenvalue weighted by atomic mass is 16.5. The van der Waals surface area contributed by atoms with Crippen LogP contribution in [0.1, 0.15) is 25.0 Å². The zero-order valence-corrected chi connectivity index (χ0v) is 9.24. The Labute approximate surface area is 89.9 Å². The average Bonchev–Trinajstić information content (AvgIpc) is 2.15. The minimum atomic E-state index is -0.866. The number of benzene rings is 1. The molecular weight excluding hydrogens is 190 g/mol. The number of ether oxygens (including phenoxy) is 1. The van der Waals surface area contributed by atoms with Gasteiger partial charge in [-0.05, 0) is 38.5 Å². The fourth-order valence-electron chi connectivity index (χ4n) is 1.08. The van der Waals surface area contributed by atoms with Crippen LogP contribution in [0.2, 0.25) is 0 Å². The van der Waals surface area contributed by atoms with Gasteiger partial charge in [0.1, 0.15) is 12.4 Å². The summed E-state index contributed by atoms with van der Waals surface area (Å²) in [7, 11) is 0. The van der Waals surface area contributed by atoms with E-state index < -0.39 is 5.60 Å². The Hall–Kier alpha value is -1.53. The van der Waals surface area contributed by atoms with Gasteiger partial charge in [0, 0.05) is 0 Å². The van der Waals surface area contributed by atoms with Crippen LogP contribution in [0.25, 0.3) is 0 Å². The molecule has 0 aliphatic carbocycles. The molecule has 3 heteroatoms. The lowest BCUT2D eigenvalue weighted by atomic mass is 10.1. The highest BCUT2D eigenvalue weighted by Gasteiger charge is 2.14. The molecular formula is C12H15NO2. The predicted molar refractivity (Wildman–Crippen MR) is 57.7 cm³/mol. The largest absolute Gasteiger partial charge is 0.490 e. The van der Waals surface area contributed by atoms with Gasteiger partial charge < -0.3 is 9.84 Å². The minimum Gasteiger partial charge on any atom is -0.490 e. The predicted octanol–water partition coefficient (Wildman–Crippen LogP) is 2.02. The molecule has 1 N–H and O–H groups in total.